The minimum atomic E-state index is -1.33. The summed E-state index contributed by atoms with van der Waals surface area (Å²) in [6.07, 6.45) is 2.68. The Labute approximate surface area is 200 Å². The van der Waals surface area contributed by atoms with Gasteiger partial charge in [0.2, 0.25) is 5.13 Å². The average molecular weight is 483 g/mol. The lowest BCUT2D eigenvalue weighted by molar-refractivity contribution is -0.172. The zero-order valence-electron chi connectivity index (χ0n) is 18.7. The Morgan fingerprint density at radius 2 is 2.15 bits per heavy atom. The largest absolute Gasteiger partial charge is 0.508 e. The molecule has 1 aromatic heterocycles. The zero-order valence-corrected chi connectivity index (χ0v) is 19.6. The van der Waals surface area contributed by atoms with Crippen LogP contribution in [0.15, 0.2) is 23.5 Å². The molecule has 178 valence electrons. The number of carbonyl (C=O) groups is 1. The van der Waals surface area contributed by atoms with Gasteiger partial charge in [-0.1, -0.05) is 17.4 Å². The van der Waals surface area contributed by atoms with Gasteiger partial charge in [-0.15, -0.1) is 10.2 Å². The number of aryl methyl sites for hydroxylation is 1. The second-order valence-electron chi connectivity index (χ2n) is 10.4. The van der Waals surface area contributed by atoms with Crippen molar-refractivity contribution in [3.05, 3.63) is 39.6 Å². The third-order valence-electron chi connectivity index (χ3n) is 8.54. The number of aromatic nitrogens is 2. The molecule has 4 N–H and O–H groups in total. The van der Waals surface area contributed by atoms with Crippen LogP contribution in [0.2, 0.25) is 0 Å². The van der Waals surface area contributed by atoms with Crippen molar-refractivity contribution in [1.29, 1.82) is 0 Å². The Bertz CT molecular complexity index is 1270. The molecule has 34 heavy (non-hydrogen) atoms. The number of likely N-dealkylation sites (tertiary alicyclic amines) is 1. The molecular formula is C24H26N4O5S. The Morgan fingerprint density at radius 3 is 2.88 bits per heavy atom. The van der Waals surface area contributed by atoms with E-state index in [1.54, 1.807) is 13.0 Å². The molecule has 5 aliphatic rings. The standard InChI is InChI=1S/C24H26N4O5S/c1-11-26-27-22(34-11)25-21(31)14-9-24(32)16-8-13-4-5-15(29)19-17(13)23(24,20(33-19)18(14)30)6-7-28(16)10-12-2-3-12/h4-5,12,16,20,29-30,32H,2-3,6-10H2,1H3,(H,25,27,31)/t16-,20+,23+,24-/m1/s1. The summed E-state index contributed by atoms with van der Waals surface area (Å²) < 4.78 is 6.21. The molecule has 9 nitrogen and oxygen atoms in total. The first-order valence-electron chi connectivity index (χ1n) is 11.8. The number of phenols is 1. The number of piperidine rings is 1. The maximum absolute atomic E-state index is 13.3. The number of nitrogens with one attached hydrogen (secondary N) is 1. The van der Waals surface area contributed by atoms with Gasteiger partial charge in [0.15, 0.2) is 17.6 Å². The number of nitrogens with zero attached hydrogens (tertiary/aromatic N) is 3. The van der Waals surface area contributed by atoms with Gasteiger partial charge in [0.05, 0.1) is 16.6 Å². The van der Waals surface area contributed by atoms with E-state index in [4.69, 9.17) is 4.74 Å². The van der Waals surface area contributed by atoms with Crippen molar-refractivity contribution in [2.75, 3.05) is 18.4 Å². The smallest absolute Gasteiger partial charge is 0.257 e. The molecule has 0 unspecified atom stereocenters. The molecule has 1 aromatic carbocycles. The highest BCUT2D eigenvalue weighted by Gasteiger charge is 2.73. The van der Waals surface area contributed by atoms with Gasteiger partial charge in [0.25, 0.3) is 5.91 Å². The first-order chi connectivity index (χ1) is 16.3. The van der Waals surface area contributed by atoms with Crippen LogP contribution in [0.4, 0.5) is 5.13 Å². The highest BCUT2D eigenvalue weighted by molar-refractivity contribution is 7.15. The van der Waals surface area contributed by atoms with E-state index in [2.05, 4.69) is 20.4 Å². The van der Waals surface area contributed by atoms with Crippen molar-refractivity contribution in [2.24, 2.45) is 5.92 Å². The summed E-state index contributed by atoms with van der Waals surface area (Å²) in [6, 6.07) is 3.32. The number of aliphatic hydroxyl groups excluding tert-OH is 1. The maximum Gasteiger partial charge on any atom is 0.257 e. The molecule has 2 aromatic rings. The van der Waals surface area contributed by atoms with Crippen LogP contribution in [0.25, 0.3) is 0 Å². The molecule has 2 fully saturated rings. The summed E-state index contributed by atoms with van der Waals surface area (Å²) in [5, 5.41) is 46.2. The first kappa shape index (κ1) is 20.7. The van der Waals surface area contributed by atoms with Crippen molar-refractivity contribution in [1.82, 2.24) is 15.1 Å². The number of phenolic OH excluding ortho intramolecular Hbond substituents is 1. The third-order valence-corrected chi connectivity index (χ3v) is 9.29. The molecule has 1 saturated heterocycles. The van der Waals surface area contributed by atoms with Crippen molar-refractivity contribution in [3.8, 4) is 11.5 Å². The van der Waals surface area contributed by atoms with Gasteiger partial charge < -0.3 is 20.1 Å². The Morgan fingerprint density at radius 1 is 1.32 bits per heavy atom. The van der Waals surface area contributed by atoms with Crippen molar-refractivity contribution in [3.63, 3.8) is 0 Å². The van der Waals surface area contributed by atoms with Crippen LogP contribution in [-0.4, -0.2) is 67.2 Å². The van der Waals surface area contributed by atoms with Gasteiger partial charge in [0.1, 0.15) is 10.8 Å². The van der Waals surface area contributed by atoms with Crippen LogP contribution in [0, 0.1) is 12.8 Å². The van der Waals surface area contributed by atoms with E-state index in [9.17, 15) is 20.1 Å². The number of ether oxygens (including phenoxy) is 1. The predicted molar refractivity (Wildman–Crippen MR) is 123 cm³/mol. The lowest BCUT2D eigenvalue weighted by Gasteiger charge is -2.62. The predicted octanol–water partition coefficient (Wildman–Crippen LogP) is 2.18. The summed E-state index contributed by atoms with van der Waals surface area (Å²) in [5.74, 6) is 0.274. The van der Waals surface area contributed by atoms with Gasteiger partial charge >= 0.3 is 0 Å². The molecule has 7 rings (SSSR count). The molecule has 2 bridgehead atoms. The van der Waals surface area contributed by atoms with Gasteiger partial charge in [0, 0.05) is 24.6 Å². The van der Waals surface area contributed by atoms with Crippen molar-refractivity contribution in [2.45, 2.75) is 62.2 Å². The summed E-state index contributed by atoms with van der Waals surface area (Å²) in [5.41, 5.74) is -0.298. The van der Waals surface area contributed by atoms with Crippen LogP contribution >= 0.6 is 11.3 Å². The summed E-state index contributed by atoms with van der Waals surface area (Å²) in [7, 11) is 0. The molecule has 4 atom stereocenters. The van der Waals surface area contributed by atoms with Gasteiger partial charge in [-0.2, -0.15) is 0 Å². The molecule has 1 amide bonds. The fourth-order valence-electron chi connectivity index (χ4n) is 6.89. The van der Waals surface area contributed by atoms with Crippen LogP contribution in [0.3, 0.4) is 0 Å². The zero-order chi connectivity index (χ0) is 23.4. The number of aliphatic hydroxyl groups is 2. The van der Waals surface area contributed by atoms with Gasteiger partial charge in [-0.3, -0.25) is 15.0 Å². The number of benzene rings is 1. The number of hydrogen-bond acceptors (Lipinski definition) is 9. The van der Waals surface area contributed by atoms with E-state index in [1.807, 2.05) is 6.07 Å². The van der Waals surface area contributed by atoms with E-state index in [0.29, 0.717) is 34.6 Å². The number of aromatic hydroxyl groups is 1. The lowest BCUT2D eigenvalue weighted by Crippen LogP contribution is -2.75. The lowest BCUT2D eigenvalue weighted by atomic mass is 9.49. The van der Waals surface area contributed by atoms with Crippen LogP contribution in [-0.2, 0) is 16.6 Å². The normalized spacial score (nSPS) is 33.5. The van der Waals surface area contributed by atoms with Crippen LogP contribution in [0.1, 0.15) is 41.8 Å². The Balaban J connectivity index is 1.37. The van der Waals surface area contributed by atoms with E-state index in [1.165, 1.54) is 24.2 Å². The SMILES string of the molecule is Cc1nnc(NC(=O)C2=C(O)[C@@H]3Oc4c(O)ccc5c4[C@@]34CCN(CC3CC3)[C@H](C5)[C@]4(O)C2)s1. The molecule has 1 spiro atoms. The van der Waals surface area contributed by atoms with Gasteiger partial charge in [-0.05, 0) is 56.7 Å². The Hall–Kier alpha value is -2.69. The van der Waals surface area contributed by atoms with E-state index in [0.717, 1.165) is 24.2 Å². The minimum absolute atomic E-state index is 0.00266. The quantitative estimate of drug-likeness (QED) is 0.522. The molecule has 0 radical (unpaired) electrons. The van der Waals surface area contributed by atoms with E-state index in [-0.39, 0.29) is 29.5 Å². The fraction of sp³-hybridized carbons (Fsp3) is 0.542. The van der Waals surface area contributed by atoms with E-state index >= 15 is 0 Å². The average Bonchev–Trinajstić information content (AvgIpc) is 3.41. The molecular weight excluding hydrogens is 456 g/mol. The minimum Gasteiger partial charge on any atom is -0.508 e. The highest BCUT2D eigenvalue weighted by atomic mass is 32.1. The van der Waals surface area contributed by atoms with E-state index < -0.39 is 23.0 Å². The monoisotopic (exact) mass is 482 g/mol. The van der Waals surface area contributed by atoms with Crippen molar-refractivity contribution >= 4 is 22.4 Å². The molecule has 1 saturated carbocycles. The molecule has 10 heteroatoms. The number of carbonyl (C=O) groups excluding carboxylic acids is 1. The summed E-state index contributed by atoms with van der Waals surface area (Å²) in [4.78, 5) is 15.7. The van der Waals surface area contributed by atoms with Crippen LogP contribution in [0.5, 0.6) is 11.5 Å². The summed E-state index contributed by atoms with van der Waals surface area (Å²) in [6.45, 7) is 3.50. The number of rotatable bonds is 4. The number of anilines is 1. The van der Waals surface area contributed by atoms with Crippen LogP contribution < -0.4 is 10.1 Å². The molecule has 3 heterocycles. The summed E-state index contributed by atoms with van der Waals surface area (Å²) >= 11 is 1.24. The maximum atomic E-state index is 13.3. The van der Waals surface area contributed by atoms with Crippen molar-refractivity contribution < 1.29 is 24.9 Å². The molecule has 3 aliphatic carbocycles. The number of hydrogen-bond donors (Lipinski definition) is 4. The highest BCUT2D eigenvalue weighted by Crippen LogP contribution is 2.66. The first-order valence-corrected chi connectivity index (χ1v) is 12.7. The molecule has 2 aliphatic heterocycles. The van der Waals surface area contributed by atoms with Gasteiger partial charge in [-0.25, -0.2) is 0 Å². The second-order valence-corrected chi connectivity index (χ2v) is 11.6. The number of amides is 1. The Kier molecular flexibility index (Phi) is 4.08. The topological polar surface area (TPSA) is 128 Å². The second kappa shape index (κ2) is 6.71. The third kappa shape index (κ3) is 2.53. The fourth-order valence-corrected chi connectivity index (χ4v) is 7.47.